The number of hydrogen-bond acceptors (Lipinski definition) is 6. The van der Waals surface area contributed by atoms with E-state index in [4.69, 9.17) is 8.92 Å². The van der Waals surface area contributed by atoms with E-state index in [9.17, 15) is 18.5 Å². The minimum Gasteiger partial charge on any atom is -0.459 e. The van der Waals surface area contributed by atoms with Crippen LogP contribution in [0.5, 0.6) is 0 Å². The molecule has 1 N–H and O–H groups in total. The second kappa shape index (κ2) is 6.60. The van der Waals surface area contributed by atoms with E-state index >= 15 is 0 Å². The summed E-state index contributed by atoms with van der Waals surface area (Å²) in [7, 11) is -4.11. The van der Waals surface area contributed by atoms with Crippen molar-refractivity contribution in [1.29, 1.82) is 5.26 Å². The predicted octanol–water partition coefficient (Wildman–Crippen LogP) is 1.10. The topological polar surface area (TPSA) is 105 Å². The van der Waals surface area contributed by atoms with Gasteiger partial charge in [0.1, 0.15) is 6.10 Å². The molecule has 0 aromatic rings. The Balaban J connectivity index is 3.44. The molecule has 0 saturated carbocycles. The molecule has 1 fully saturated rings. The zero-order chi connectivity index (χ0) is 16.4. The lowest BCUT2D eigenvalue weighted by atomic mass is 9.80. The fourth-order valence-corrected chi connectivity index (χ4v) is 4.09. The summed E-state index contributed by atoms with van der Waals surface area (Å²) in [6, 6.07) is 1.99. The summed E-state index contributed by atoms with van der Waals surface area (Å²) in [6.45, 7) is 6.37. The van der Waals surface area contributed by atoms with Crippen molar-refractivity contribution in [2.45, 2.75) is 44.2 Å². The van der Waals surface area contributed by atoms with Gasteiger partial charge in [-0.05, 0) is 5.92 Å². The zero-order valence-corrected chi connectivity index (χ0v) is 14.7. The van der Waals surface area contributed by atoms with Crippen LogP contribution < -0.4 is 4.72 Å². The molecule has 0 aromatic carbocycles. The number of alkyl halides is 1. The first-order chi connectivity index (χ1) is 9.55. The number of halogens is 1. The van der Waals surface area contributed by atoms with Gasteiger partial charge >= 0.3 is 16.3 Å². The molecule has 7 nitrogen and oxygen atoms in total. The van der Waals surface area contributed by atoms with Gasteiger partial charge in [0.05, 0.1) is 17.5 Å². The van der Waals surface area contributed by atoms with E-state index in [0.717, 1.165) is 0 Å². The molecule has 4 atom stereocenters. The highest BCUT2D eigenvalue weighted by Gasteiger charge is 2.55. The fourth-order valence-electron chi connectivity index (χ4n) is 2.30. The number of esters is 1. The van der Waals surface area contributed by atoms with Gasteiger partial charge in [0.15, 0.2) is 5.54 Å². The Morgan fingerprint density at radius 3 is 2.57 bits per heavy atom. The molecule has 1 unspecified atom stereocenters. The summed E-state index contributed by atoms with van der Waals surface area (Å²) < 4.78 is 36.1. The largest absolute Gasteiger partial charge is 0.459 e. The predicted molar refractivity (Wildman–Crippen MR) is 78.6 cm³/mol. The van der Waals surface area contributed by atoms with E-state index < -0.39 is 38.7 Å². The lowest BCUT2D eigenvalue weighted by molar-refractivity contribution is -0.152. The van der Waals surface area contributed by atoms with Gasteiger partial charge in [-0.3, -0.25) is 8.98 Å². The van der Waals surface area contributed by atoms with Crippen LogP contribution in [0.15, 0.2) is 0 Å². The summed E-state index contributed by atoms with van der Waals surface area (Å²) in [5.41, 5.74) is -1.64. The number of hydrogen-bond donors (Lipinski definition) is 1. The second-order valence-electron chi connectivity index (χ2n) is 5.47. The summed E-state index contributed by atoms with van der Waals surface area (Å²) in [5, 5.41) is 9.67. The second-order valence-corrected chi connectivity index (χ2v) is 7.81. The van der Waals surface area contributed by atoms with Gasteiger partial charge in [0.2, 0.25) is 0 Å². The zero-order valence-electron chi connectivity index (χ0n) is 12.3. The summed E-state index contributed by atoms with van der Waals surface area (Å²) in [5.74, 6) is -1.15. The maximum Gasteiger partial charge on any atom is 0.337 e. The smallest absolute Gasteiger partial charge is 0.337 e. The van der Waals surface area contributed by atoms with E-state index in [1.807, 2.05) is 19.9 Å². The molecule has 9 heteroatoms. The Bertz CT molecular complexity index is 544. The van der Waals surface area contributed by atoms with Gasteiger partial charge in [-0.25, -0.2) is 0 Å². The van der Waals surface area contributed by atoms with Crippen LogP contribution in [0.1, 0.15) is 27.7 Å². The van der Waals surface area contributed by atoms with E-state index in [-0.39, 0.29) is 12.5 Å². The van der Waals surface area contributed by atoms with Crippen molar-refractivity contribution < 1.29 is 22.1 Å². The third-order valence-corrected chi connectivity index (χ3v) is 6.06. The first-order valence-corrected chi connectivity index (χ1v) is 8.79. The number of rotatable bonds is 3. The monoisotopic (exact) mass is 382 g/mol. The first kappa shape index (κ1) is 18.4. The maximum absolute atomic E-state index is 11.9. The van der Waals surface area contributed by atoms with E-state index in [1.165, 1.54) is 6.92 Å². The number of nitrogens with one attached hydrogen (secondary N) is 1. The molecule has 0 amide bonds. The molecule has 0 bridgehead atoms. The van der Waals surface area contributed by atoms with Crippen LogP contribution in [0, 0.1) is 23.2 Å². The molecule has 0 spiro atoms. The molecule has 1 rings (SSSR count). The molecule has 1 saturated heterocycles. The Labute approximate surface area is 133 Å². The van der Waals surface area contributed by atoms with Crippen molar-refractivity contribution in [3.8, 4) is 6.07 Å². The van der Waals surface area contributed by atoms with Crippen molar-refractivity contribution in [2.24, 2.45) is 11.8 Å². The van der Waals surface area contributed by atoms with Crippen LogP contribution >= 0.6 is 15.9 Å². The average molecular weight is 383 g/mol. The van der Waals surface area contributed by atoms with Crippen LogP contribution in [-0.2, 0) is 24.0 Å². The van der Waals surface area contributed by atoms with Crippen molar-refractivity contribution >= 4 is 32.2 Å². The van der Waals surface area contributed by atoms with E-state index in [2.05, 4.69) is 20.7 Å². The SMILES string of the molecule is CC(=O)O[C@@H]1[C@@H](C)COS(=O)(=O)NC1(C#N)[C@@H](Br)C(C)C. The summed E-state index contributed by atoms with van der Waals surface area (Å²) in [4.78, 5) is 10.8. The molecular weight excluding hydrogens is 364 g/mol. The third kappa shape index (κ3) is 3.94. The van der Waals surface area contributed by atoms with Gasteiger partial charge in [0, 0.05) is 12.8 Å². The van der Waals surface area contributed by atoms with Crippen LogP contribution in [0.3, 0.4) is 0 Å². The standard InChI is InChI=1S/C12H19BrN2O5S/c1-7(2)10(13)12(6-14)11(20-9(4)16)8(3)5-19-21(17,18)15-12/h7-8,10-11,15H,5H2,1-4H3/t8-,10-,11+,12?/m0/s1. The number of nitriles is 1. The maximum atomic E-state index is 11.9. The summed E-state index contributed by atoms with van der Waals surface area (Å²) >= 11 is 3.37. The Kier molecular flexibility index (Phi) is 5.77. The Morgan fingerprint density at radius 1 is 1.57 bits per heavy atom. The van der Waals surface area contributed by atoms with Gasteiger partial charge in [0.25, 0.3) is 0 Å². The normalized spacial score (nSPS) is 33.8. The molecule has 21 heavy (non-hydrogen) atoms. The minimum atomic E-state index is -4.11. The molecule has 1 heterocycles. The van der Waals surface area contributed by atoms with Gasteiger partial charge in [-0.15, -0.1) is 0 Å². The average Bonchev–Trinajstić information content (AvgIpc) is 2.47. The summed E-state index contributed by atoms with van der Waals surface area (Å²) in [6.07, 6.45) is -0.968. The highest BCUT2D eigenvalue weighted by molar-refractivity contribution is 9.09. The van der Waals surface area contributed by atoms with Gasteiger partial charge < -0.3 is 4.74 Å². The van der Waals surface area contributed by atoms with E-state index in [1.54, 1.807) is 6.92 Å². The van der Waals surface area contributed by atoms with Crippen molar-refractivity contribution in [3.05, 3.63) is 0 Å². The van der Waals surface area contributed by atoms with Crippen LogP contribution in [-0.4, -0.2) is 37.5 Å². The fraction of sp³-hybridized carbons (Fsp3) is 0.833. The number of nitrogens with zero attached hydrogens (tertiary/aromatic N) is 1. The number of carbonyl (C=O) groups is 1. The lowest BCUT2D eigenvalue weighted by Crippen LogP contribution is -2.63. The van der Waals surface area contributed by atoms with Crippen LogP contribution in [0.4, 0.5) is 0 Å². The number of ether oxygens (including phenoxy) is 1. The van der Waals surface area contributed by atoms with E-state index in [0.29, 0.717) is 0 Å². The van der Waals surface area contributed by atoms with Gasteiger partial charge in [-0.1, -0.05) is 36.7 Å². The van der Waals surface area contributed by atoms with Crippen molar-refractivity contribution in [1.82, 2.24) is 4.72 Å². The first-order valence-electron chi connectivity index (χ1n) is 6.46. The Morgan fingerprint density at radius 2 is 2.14 bits per heavy atom. The molecule has 0 radical (unpaired) electrons. The highest BCUT2D eigenvalue weighted by atomic mass is 79.9. The highest BCUT2D eigenvalue weighted by Crippen LogP contribution is 2.36. The minimum absolute atomic E-state index is 0.0873. The lowest BCUT2D eigenvalue weighted by Gasteiger charge is -2.39. The van der Waals surface area contributed by atoms with Crippen LogP contribution in [0.2, 0.25) is 0 Å². The Hall–Kier alpha value is -0.690. The number of carbonyl (C=O) groups excluding carboxylic acids is 1. The molecular formula is C12H19BrN2O5S. The molecule has 0 aliphatic carbocycles. The van der Waals surface area contributed by atoms with Crippen molar-refractivity contribution in [2.75, 3.05) is 6.61 Å². The third-order valence-electron chi connectivity index (χ3n) is 3.24. The molecule has 1 aliphatic heterocycles. The molecule has 0 aromatic heterocycles. The quantitative estimate of drug-likeness (QED) is 0.578. The van der Waals surface area contributed by atoms with Crippen molar-refractivity contribution in [3.63, 3.8) is 0 Å². The molecule has 1 aliphatic rings. The van der Waals surface area contributed by atoms with Gasteiger partial charge in [-0.2, -0.15) is 18.4 Å². The molecule has 120 valence electrons. The van der Waals surface area contributed by atoms with Crippen LogP contribution in [0.25, 0.3) is 0 Å².